The summed E-state index contributed by atoms with van der Waals surface area (Å²) in [6, 6.07) is 20.8. The third-order valence-electron chi connectivity index (χ3n) is 8.84. The van der Waals surface area contributed by atoms with Crippen LogP contribution >= 0.6 is 0 Å². The molecule has 0 spiro atoms. The first-order valence-electron chi connectivity index (χ1n) is 15.3. The average molecular weight is 593 g/mol. The molecular weight excluding hydrogens is 556 g/mol. The van der Waals surface area contributed by atoms with E-state index < -0.39 is 0 Å². The zero-order chi connectivity index (χ0) is 30.2. The molecule has 2 aliphatic heterocycles. The van der Waals surface area contributed by atoms with E-state index in [-0.39, 0.29) is 22.9 Å². The number of urea groups is 1. The summed E-state index contributed by atoms with van der Waals surface area (Å²) in [5, 5.41) is 6.36. The highest BCUT2D eigenvalue weighted by molar-refractivity contribution is 6.06. The van der Waals surface area contributed by atoms with Gasteiger partial charge in [0.05, 0.1) is 16.4 Å². The van der Waals surface area contributed by atoms with Crippen molar-refractivity contribution in [3.8, 4) is 0 Å². The molecule has 11 nitrogen and oxygen atoms in total. The summed E-state index contributed by atoms with van der Waals surface area (Å²) in [4.78, 5) is 51.7. The van der Waals surface area contributed by atoms with Crippen molar-refractivity contribution in [3.63, 3.8) is 0 Å². The molecule has 2 saturated heterocycles. The highest BCUT2D eigenvalue weighted by Gasteiger charge is 2.26. The van der Waals surface area contributed by atoms with Gasteiger partial charge in [0.2, 0.25) is 5.43 Å². The molecule has 2 N–H and O–H groups in total. The number of rotatable bonds is 6. The molecule has 0 bridgehead atoms. The minimum atomic E-state index is -0.367. The molecule has 0 atom stereocenters. The first kappa shape index (κ1) is 27.9. The van der Waals surface area contributed by atoms with Crippen LogP contribution in [0.4, 0.5) is 16.3 Å². The van der Waals surface area contributed by atoms with Crippen molar-refractivity contribution in [2.24, 2.45) is 7.05 Å². The van der Waals surface area contributed by atoms with Crippen LogP contribution in [0.3, 0.4) is 0 Å². The first-order valence-corrected chi connectivity index (χ1v) is 15.3. The number of carbonyl (C=O) groups excluding carboxylic acids is 2. The van der Waals surface area contributed by atoms with Crippen molar-refractivity contribution in [1.82, 2.24) is 29.1 Å². The van der Waals surface area contributed by atoms with Gasteiger partial charge in [-0.2, -0.15) is 0 Å². The summed E-state index contributed by atoms with van der Waals surface area (Å²) in [5.74, 6) is 0.359. The molecular formula is C33H36N8O3. The maximum Gasteiger partial charge on any atom is 0.321 e. The smallest absolute Gasteiger partial charge is 0.321 e. The topological polar surface area (TPSA) is 107 Å². The number of carbonyl (C=O) groups is 2. The van der Waals surface area contributed by atoms with Crippen molar-refractivity contribution in [1.29, 1.82) is 0 Å². The van der Waals surface area contributed by atoms with Crippen molar-refractivity contribution in [2.45, 2.75) is 12.8 Å². The minimum absolute atomic E-state index is 0.127. The van der Waals surface area contributed by atoms with Gasteiger partial charge in [-0.1, -0.05) is 30.3 Å². The van der Waals surface area contributed by atoms with Gasteiger partial charge in [-0.15, -0.1) is 0 Å². The Morgan fingerprint density at radius 1 is 0.841 bits per heavy atom. The SMILES string of the molecule is Cn1c2ccccc2n2c3nc(N4CCN(C(=O)Nc5ccccc5)CC4)ccc3c(=O)c(C(=O)NCCN3CCCC3)c12. The van der Waals surface area contributed by atoms with Crippen molar-refractivity contribution in [3.05, 3.63) is 82.5 Å². The second-order valence-corrected chi connectivity index (χ2v) is 11.5. The number of aryl methyl sites for hydroxylation is 1. The molecule has 3 amide bonds. The van der Waals surface area contributed by atoms with Gasteiger partial charge < -0.3 is 29.9 Å². The standard InChI is InChI=1S/C33H36N8O3/c1-37-25-11-5-6-12-26(25)41-30-24(29(42)28(32(37)41)31(43)34-15-18-38-16-7-8-17-38)13-14-27(36-30)39-19-21-40(22-20-39)33(44)35-23-9-3-2-4-10-23/h2-6,9-14H,7-8,15-22H2,1H3,(H,34,43)(H,35,44). The number of likely N-dealkylation sites (tertiary alicyclic amines) is 1. The molecule has 5 aromatic rings. The fourth-order valence-electron chi connectivity index (χ4n) is 6.50. The summed E-state index contributed by atoms with van der Waals surface area (Å²) < 4.78 is 3.85. The highest BCUT2D eigenvalue weighted by atomic mass is 16.2. The zero-order valence-corrected chi connectivity index (χ0v) is 24.8. The van der Waals surface area contributed by atoms with Crippen molar-refractivity contribution < 1.29 is 9.59 Å². The maximum atomic E-state index is 14.0. The molecule has 44 heavy (non-hydrogen) atoms. The van der Waals surface area contributed by atoms with Crippen LogP contribution in [-0.4, -0.2) is 88.0 Å². The number of amides is 3. The Kier molecular flexibility index (Phi) is 7.39. The molecule has 0 unspecified atom stereocenters. The van der Waals surface area contributed by atoms with E-state index in [4.69, 9.17) is 4.98 Å². The number of para-hydroxylation sites is 3. The Hall–Kier alpha value is -4.90. The highest BCUT2D eigenvalue weighted by Crippen LogP contribution is 2.27. The summed E-state index contributed by atoms with van der Waals surface area (Å²) in [6.07, 6.45) is 2.37. The maximum absolute atomic E-state index is 14.0. The Labute approximate surface area is 254 Å². The third kappa shape index (κ3) is 5.02. The van der Waals surface area contributed by atoms with Crippen LogP contribution in [0, 0.1) is 0 Å². The van der Waals surface area contributed by atoms with E-state index in [0.717, 1.165) is 42.2 Å². The van der Waals surface area contributed by atoms with E-state index in [1.165, 1.54) is 12.8 Å². The molecule has 3 aromatic heterocycles. The van der Waals surface area contributed by atoms with Crippen molar-refractivity contribution in [2.75, 3.05) is 62.6 Å². The van der Waals surface area contributed by atoms with Gasteiger partial charge in [0, 0.05) is 52.0 Å². The number of hydrogen-bond acceptors (Lipinski definition) is 6. The molecule has 2 aliphatic rings. The van der Waals surface area contributed by atoms with E-state index >= 15 is 0 Å². The van der Waals surface area contributed by atoms with Crippen LogP contribution in [0.2, 0.25) is 0 Å². The molecule has 11 heteroatoms. The molecule has 0 radical (unpaired) electrons. The minimum Gasteiger partial charge on any atom is -0.353 e. The van der Waals surface area contributed by atoms with Gasteiger partial charge in [-0.05, 0) is 62.3 Å². The summed E-state index contributed by atoms with van der Waals surface area (Å²) in [6.45, 7) is 5.64. The van der Waals surface area contributed by atoms with Crippen LogP contribution in [0.5, 0.6) is 0 Å². The fourth-order valence-corrected chi connectivity index (χ4v) is 6.50. The molecule has 0 saturated carbocycles. The van der Waals surface area contributed by atoms with Crippen molar-refractivity contribution >= 4 is 51.2 Å². The number of nitrogens with one attached hydrogen (secondary N) is 2. The van der Waals surface area contributed by atoms with Crippen LogP contribution in [-0.2, 0) is 7.05 Å². The predicted octanol–water partition coefficient (Wildman–Crippen LogP) is 3.52. The van der Waals surface area contributed by atoms with Crippen LogP contribution in [0.1, 0.15) is 23.2 Å². The number of aromatic nitrogens is 3. The van der Waals surface area contributed by atoms with Crippen LogP contribution in [0.25, 0.3) is 27.7 Å². The quantitative estimate of drug-likeness (QED) is 0.313. The normalized spacial score (nSPS) is 15.8. The van der Waals surface area contributed by atoms with Crippen LogP contribution in [0.15, 0.2) is 71.5 Å². The second-order valence-electron chi connectivity index (χ2n) is 11.5. The lowest BCUT2D eigenvalue weighted by atomic mass is 10.1. The fraction of sp³-hybridized carbons (Fsp3) is 0.333. The number of piperazine rings is 1. The summed E-state index contributed by atoms with van der Waals surface area (Å²) in [5.41, 5.74) is 3.37. The molecule has 226 valence electrons. The van der Waals surface area contributed by atoms with Crippen LogP contribution < -0.4 is 21.0 Å². The Balaban J connectivity index is 1.20. The molecule has 2 aromatic carbocycles. The number of fused-ring (bicyclic) bond motifs is 5. The third-order valence-corrected chi connectivity index (χ3v) is 8.84. The Morgan fingerprint density at radius 2 is 1.55 bits per heavy atom. The summed E-state index contributed by atoms with van der Waals surface area (Å²) in [7, 11) is 1.88. The molecule has 2 fully saturated rings. The number of benzene rings is 2. The summed E-state index contributed by atoms with van der Waals surface area (Å²) >= 11 is 0. The van der Waals surface area contributed by atoms with Gasteiger partial charge in [0.25, 0.3) is 5.91 Å². The lowest BCUT2D eigenvalue weighted by Crippen LogP contribution is -2.50. The van der Waals surface area contributed by atoms with Gasteiger partial charge in [-0.25, -0.2) is 9.78 Å². The van der Waals surface area contributed by atoms with E-state index in [9.17, 15) is 14.4 Å². The lowest BCUT2D eigenvalue weighted by Gasteiger charge is -2.35. The number of hydrogen-bond donors (Lipinski definition) is 2. The van der Waals surface area contributed by atoms with Gasteiger partial charge in [0.15, 0.2) is 5.65 Å². The monoisotopic (exact) mass is 592 g/mol. The molecule has 0 aliphatic carbocycles. The largest absolute Gasteiger partial charge is 0.353 e. The van der Waals surface area contributed by atoms with Gasteiger partial charge in [-0.3, -0.25) is 14.0 Å². The zero-order valence-electron chi connectivity index (χ0n) is 24.8. The Morgan fingerprint density at radius 3 is 2.30 bits per heavy atom. The molecule has 5 heterocycles. The van der Waals surface area contributed by atoms with E-state index in [1.54, 1.807) is 11.0 Å². The Bertz CT molecular complexity index is 1920. The number of nitrogens with zero attached hydrogens (tertiary/aromatic N) is 6. The molecule has 7 rings (SSSR count). The van der Waals surface area contributed by atoms with E-state index in [1.807, 2.05) is 76.7 Å². The van der Waals surface area contributed by atoms with E-state index in [0.29, 0.717) is 49.4 Å². The number of anilines is 2. The number of imidazole rings is 1. The lowest BCUT2D eigenvalue weighted by molar-refractivity contribution is 0.0950. The predicted molar refractivity (Wildman–Crippen MR) is 173 cm³/mol. The number of pyridine rings is 2. The van der Waals surface area contributed by atoms with Gasteiger partial charge in [0.1, 0.15) is 17.0 Å². The average Bonchev–Trinajstić information content (AvgIpc) is 3.68. The second kappa shape index (κ2) is 11.6. The first-order chi connectivity index (χ1) is 21.5. The van der Waals surface area contributed by atoms with Gasteiger partial charge >= 0.3 is 6.03 Å². The van der Waals surface area contributed by atoms with E-state index in [2.05, 4.69) is 20.4 Å².